The third kappa shape index (κ3) is 4.68. The standard InChI is InChI=1S/C18H15BrN4O2S/c1-11-9-12(19)7-8-14(11)21-16(24)15-10-26-18(22-15)23-17(25)20-13-5-3-2-4-6-13/h2-10H,1H3,(H,21,24)(H2,20,22,23,25). The van der Waals surface area contributed by atoms with Crippen LogP contribution >= 0.6 is 27.3 Å². The number of urea groups is 1. The topological polar surface area (TPSA) is 83.1 Å². The van der Waals surface area contributed by atoms with Crippen LogP contribution in [0.25, 0.3) is 0 Å². The van der Waals surface area contributed by atoms with Gasteiger partial charge in [0.05, 0.1) is 0 Å². The van der Waals surface area contributed by atoms with Crippen LogP contribution < -0.4 is 16.0 Å². The number of rotatable bonds is 4. The number of aryl methyl sites for hydroxylation is 1. The van der Waals surface area contributed by atoms with Crippen molar-refractivity contribution in [3.8, 4) is 0 Å². The Morgan fingerprint density at radius 3 is 2.54 bits per heavy atom. The Labute approximate surface area is 162 Å². The minimum absolute atomic E-state index is 0.243. The molecule has 6 nitrogen and oxygen atoms in total. The van der Waals surface area contributed by atoms with Crippen LogP contribution in [0, 0.1) is 6.92 Å². The number of carbonyl (C=O) groups is 2. The van der Waals surface area contributed by atoms with Crippen LogP contribution in [0.1, 0.15) is 16.1 Å². The van der Waals surface area contributed by atoms with Gasteiger partial charge in [-0.3, -0.25) is 10.1 Å². The van der Waals surface area contributed by atoms with Gasteiger partial charge in [-0.2, -0.15) is 0 Å². The maximum absolute atomic E-state index is 12.3. The van der Waals surface area contributed by atoms with Crippen LogP contribution in [0.3, 0.4) is 0 Å². The van der Waals surface area contributed by atoms with Gasteiger partial charge in [0, 0.05) is 21.2 Å². The largest absolute Gasteiger partial charge is 0.325 e. The molecule has 0 aliphatic rings. The minimum atomic E-state index is -0.415. The molecule has 0 atom stereocenters. The van der Waals surface area contributed by atoms with Gasteiger partial charge in [-0.25, -0.2) is 9.78 Å². The molecular formula is C18H15BrN4O2S. The number of thiazole rings is 1. The summed E-state index contributed by atoms with van der Waals surface area (Å²) in [6.45, 7) is 1.91. The zero-order chi connectivity index (χ0) is 18.5. The maximum atomic E-state index is 12.3. The van der Waals surface area contributed by atoms with Crippen molar-refractivity contribution in [3.63, 3.8) is 0 Å². The zero-order valence-corrected chi connectivity index (χ0v) is 16.1. The summed E-state index contributed by atoms with van der Waals surface area (Å²) < 4.78 is 0.942. The van der Waals surface area contributed by atoms with Gasteiger partial charge < -0.3 is 10.6 Å². The molecule has 0 aliphatic heterocycles. The number of hydrogen-bond acceptors (Lipinski definition) is 4. The van der Waals surface area contributed by atoms with E-state index in [4.69, 9.17) is 0 Å². The summed E-state index contributed by atoms with van der Waals surface area (Å²) >= 11 is 4.57. The Bertz CT molecular complexity index is 943. The van der Waals surface area contributed by atoms with Crippen molar-refractivity contribution in [1.29, 1.82) is 0 Å². The molecular weight excluding hydrogens is 416 g/mol. The Hall–Kier alpha value is -2.71. The van der Waals surface area contributed by atoms with Gasteiger partial charge in [-0.05, 0) is 42.8 Å². The molecule has 132 valence electrons. The number of benzene rings is 2. The van der Waals surface area contributed by atoms with E-state index in [0.717, 1.165) is 10.0 Å². The van der Waals surface area contributed by atoms with Crippen LogP contribution in [0.5, 0.6) is 0 Å². The number of hydrogen-bond donors (Lipinski definition) is 3. The lowest BCUT2D eigenvalue weighted by atomic mass is 10.2. The van der Waals surface area contributed by atoms with Crippen molar-refractivity contribution in [2.24, 2.45) is 0 Å². The molecule has 0 saturated carbocycles. The highest BCUT2D eigenvalue weighted by Gasteiger charge is 2.13. The van der Waals surface area contributed by atoms with Crippen molar-refractivity contribution in [1.82, 2.24) is 4.98 Å². The van der Waals surface area contributed by atoms with Crippen molar-refractivity contribution < 1.29 is 9.59 Å². The number of anilines is 3. The Balaban J connectivity index is 1.61. The predicted octanol–water partition coefficient (Wildman–Crippen LogP) is 5.11. The highest BCUT2D eigenvalue weighted by atomic mass is 79.9. The molecule has 1 aromatic heterocycles. The second-order valence-corrected chi connectivity index (χ2v) is 7.17. The van der Waals surface area contributed by atoms with E-state index in [-0.39, 0.29) is 11.6 Å². The van der Waals surface area contributed by atoms with Crippen LogP contribution in [0.4, 0.5) is 21.3 Å². The summed E-state index contributed by atoms with van der Waals surface area (Å²) in [7, 11) is 0. The van der Waals surface area contributed by atoms with Crippen molar-refractivity contribution in [2.75, 3.05) is 16.0 Å². The van der Waals surface area contributed by atoms with Gasteiger partial charge in [0.15, 0.2) is 5.13 Å². The first-order chi connectivity index (χ1) is 12.5. The van der Waals surface area contributed by atoms with Crippen LogP contribution in [-0.4, -0.2) is 16.9 Å². The van der Waals surface area contributed by atoms with Gasteiger partial charge in [0.2, 0.25) is 0 Å². The molecule has 3 amide bonds. The lowest BCUT2D eigenvalue weighted by Gasteiger charge is -2.07. The number of aromatic nitrogens is 1. The Kier molecular flexibility index (Phi) is 5.65. The summed E-state index contributed by atoms with van der Waals surface area (Å²) in [6, 6.07) is 14.2. The summed E-state index contributed by atoms with van der Waals surface area (Å²) in [6.07, 6.45) is 0. The summed E-state index contributed by atoms with van der Waals surface area (Å²) in [4.78, 5) is 28.5. The average Bonchev–Trinajstić information content (AvgIpc) is 3.06. The van der Waals surface area contributed by atoms with Gasteiger partial charge in [0.25, 0.3) is 5.91 Å². The first-order valence-corrected chi connectivity index (χ1v) is 9.34. The van der Waals surface area contributed by atoms with E-state index in [9.17, 15) is 9.59 Å². The van der Waals surface area contributed by atoms with Crippen molar-refractivity contribution >= 4 is 55.7 Å². The molecule has 0 bridgehead atoms. The second-order valence-electron chi connectivity index (χ2n) is 5.40. The number of nitrogens with one attached hydrogen (secondary N) is 3. The summed E-state index contributed by atoms with van der Waals surface area (Å²) in [5.41, 5.74) is 2.56. The molecule has 0 fully saturated rings. The first kappa shape index (κ1) is 18.1. The molecule has 0 spiro atoms. The highest BCUT2D eigenvalue weighted by Crippen LogP contribution is 2.22. The minimum Gasteiger partial charge on any atom is -0.320 e. The van der Waals surface area contributed by atoms with E-state index < -0.39 is 6.03 Å². The van der Waals surface area contributed by atoms with E-state index in [1.165, 1.54) is 11.3 Å². The molecule has 26 heavy (non-hydrogen) atoms. The molecule has 0 saturated heterocycles. The lowest BCUT2D eigenvalue weighted by Crippen LogP contribution is -2.19. The van der Waals surface area contributed by atoms with Crippen LogP contribution in [0.15, 0.2) is 58.4 Å². The van der Waals surface area contributed by atoms with E-state index in [1.54, 1.807) is 17.5 Å². The fourth-order valence-electron chi connectivity index (χ4n) is 2.17. The Morgan fingerprint density at radius 2 is 1.81 bits per heavy atom. The number of para-hydroxylation sites is 1. The first-order valence-electron chi connectivity index (χ1n) is 7.67. The van der Waals surface area contributed by atoms with Gasteiger partial charge >= 0.3 is 6.03 Å². The normalized spacial score (nSPS) is 10.2. The highest BCUT2D eigenvalue weighted by molar-refractivity contribution is 9.10. The van der Waals surface area contributed by atoms with Crippen LogP contribution in [-0.2, 0) is 0 Å². The molecule has 1 heterocycles. The van der Waals surface area contributed by atoms with E-state index in [2.05, 4.69) is 36.9 Å². The molecule has 0 aliphatic carbocycles. The molecule has 3 N–H and O–H groups in total. The molecule has 8 heteroatoms. The fraction of sp³-hybridized carbons (Fsp3) is 0.0556. The summed E-state index contributed by atoms with van der Waals surface area (Å²) in [5, 5.41) is 10.1. The zero-order valence-electron chi connectivity index (χ0n) is 13.7. The summed E-state index contributed by atoms with van der Waals surface area (Å²) in [5.74, 6) is -0.330. The molecule has 0 unspecified atom stereocenters. The average molecular weight is 431 g/mol. The number of nitrogens with zero attached hydrogens (tertiary/aromatic N) is 1. The van der Waals surface area contributed by atoms with Crippen LogP contribution in [0.2, 0.25) is 0 Å². The van der Waals surface area contributed by atoms with Gasteiger partial charge in [-0.1, -0.05) is 34.1 Å². The van der Waals surface area contributed by atoms with Gasteiger partial charge in [-0.15, -0.1) is 11.3 Å². The van der Waals surface area contributed by atoms with E-state index >= 15 is 0 Å². The lowest BCUT2D eigenvalue weighted by molar-refractivity contribution is 0.102. The smallest absolute Gasteiger partial charge is 0.320 e. The van der Waals surface area contributed by atoms with E-state index in [1.807, 2.05) is 43.3 Å². The Morgan fingerprint density at radius 1 is 1.04 bits per heavy atom. The monoisotopic (exact) mass is 430 g/mol. The predicted molar refractivity (Wildman–Crippen MR) is 108 cm³/mol. The molecule has 3 rings (SSSR count). The molecule has 2 aromatic carbocycles. The molecule has 3 aromatic rings. The quantitative estimate of drug-likeness (QED) is 0.537. The third-order valence-electron chi connectivity index (χ3n) is 3.43. The molecule has 0 radical (unpaired) electrons. The van der Waals surface area contributed by atoms with E-state index in [0.29, 0.717) is 16.5 Å². The SMILES string of the molecule is Cc1cc(Br)ccc1NC(=O)c1csc(NC(=O)Nc2ccccc2)n1. The third-order valence-corrected chi connectivity index (χ3v) is 4.68. The number of amides is 3. The number of carbonyl (C=O) groups excluding carboxylic acids is 2. The number of halogens is 1. The second kappa shape index (κ2) is 8.11. The van der Waals surface area contributed by atoms with Crippen molar-refractivity contribution in [2.45, 2.75) is 6.92 Å². The van der Waals surface area contributed by atoms with Crippen molar-refractivity contribution in [3.05, 3.63) is 69.6 Å². The fourth-order valence-corrected chi connectivity index (χ4v) is 3.33. The van der Waals surface area contributed by atoms with Gasteiger partial charge in [0.1, 0.15) is 5.69 Å². The maximum Gasteiger partial charge on any atom is 0.325 e.